The molecule has 20 heavy (non-hydrogen) atoms. The molecule has 0 aliphatic carbocycles. The zero-order chi connectivity index (χ0) is 14.1. The molecule has 3 aromatic rings. The first-order valence-electron chi connectivity index (χ1n) is 5.71. The second kappa shape index (κ2) is 4.82. The normalized spacial score (nSPS) is 10.6. The maximum Gasteiger partial charge on any atom is 0.346 e. The Balaban J connectivity index is 2.01. The summed E-state index contributed by atoms with van der Waals surface area (Å²) in [6, 6.07) is 8.14. The highest BCUT2D eigenvalue weighted by Gasteiger charge is 2.10. The molecule has 2 N–H and O–H groups in total. The van der Waals surface area contributed by atoms with Crippen LogP contribution in [0.2, 0.25) is 0 Å². The van der Waals surface area contributed by atoms with Gasteiger partial charge in [-0.3, -0.25) is 0 Å². The minimum atomic E-state index is -0.992. The van der Waals surface area contributed by atoms with Crippen LogP contribution in [0.3, 0.4) is 0 Å². The third-order valence-corrected chi connectivity index (χ3v) is 3.61. The van der Waals surface area contributed by atoms with E-state index in [2.05, 4.69) is 4.98 Å². The molecule has 0 aliphatic rings. The number of aromatic carboxylic acids is 1. The van der Waals surface area contributed by atoms with Gasteiger partial charge in [0.1, 0.15) is 16.4 Å². The van der Waals surface area contributed by atoms with Crippen LogP contribution in [0.15, 0.2) is 41.9 Å². The van der Waals surface area contributed by atoms with Crippen LogP contribution in [0.5, 0.6) is 17.4 Å². The third-order valence-electron chi connectivity index (χ3n) is 2.71. The van der Waals surface area contributed by atoms with Gasteiger partial charge >= 0.3 is 5.97 Å². The van der Waals surface area contributed by atoms with E-state index in [1.54, 1.807) is 35.8 Å². The van der Waals surface area contributed by atoms with E-state index in [9.17, 15) is 9.90 Å². The van der Waals surface area contributed by atoms with Crippen molar-refractivity contribution in [3.05, 3.63) is 46.8 Å². The standard InChI is InChI=1S/C14H9NO4S/c16-9-2-1-8-3-4-15-13(11(8)5-9)19-10-6-12(14(17)18)20-7-10/h1-7,16H,(H,17,18). The number of benzene rings is 1. The predicted octanol–water partition coefficient (Wildman–Crippen LogP) is 3.49. The number of hydrogen-bond acceptors (Lipinski definition) is 5. The van der Waals surface area contributed by atoms with E-state index in [0.29, 0.717) is 17.0 Å². The number of ether oxygens (including phenoxy) is 1. The number of nitrogens with zero attached hydrogens (tertiary/aromatic N) is 1. The van der Waals surface area contributed by atoms with Crippen molar-refractivity contribution in [2.75, 3.05) is 0 Å². The Morgan fingerprint density at radius 1 is 1.25 bits per heavy atom. The van der Waals surface area contributed by atoms with E-state index in [-0.39, 0.29) is 10.6 Å². The van der Waals surface area contributed by atoms with Gasteiger partial charge < -0.3 is 14.9 Å². The number of phenols is 1. The first-order valence-corrected chi connectivity index (χ1v) is 6.59. The number of phenolic OH excluding ortho intramolecular Hbond substituents is 1. The van der Waals surface area contributed by atoms with E-state index in [1.807, 2.05) is 0 Å². The highest BCUT2D eigenvalue weighted by atomic mass is 32.1. The highest BCUT2D eigenvalue weighted by molar-refractivity contribution is 7.12. The molecule has 0 unspecified atom stereocenters. The van der Waals surface area contributed by atoms with Crippen LogP contribution in [-0.4, -0.2) is 21.2 Å². The summed E-state index contributed by atoms with van der Waals surface area (Å²) < 4.78 is 5.60. The van der Waals surface area contributed by atoms with Crippen molar-refractivity contribution in [3.63, 3.8) is 0 Å². The number of thiophene rings is 1. The number of hydrogen-bond donors (Lipinski definition) is 2. The van der Waals surface area contributed by atoms with Crippen molar-refractivity contribution < 1.29 is 19.7 Å². The molecular formula is C14H9NO4S. The van der Waals surface area contributed by atoms with Gasteiger partial charge in [-0.2, -0.15) is 0 Å². The molecule has 0 amide bonds. The maximum absolute atomic E-state index is 10.8. The fourth-order valence-corrected chi connectivity index (χ4v) is 2.45. The van der Waals surface area contributed by atoms with Crippen LogP contribution in [0.25, 0.3) is 10.8 Å². The summed E-state index contributed by atoms with van der Waals surface area (Å²) in [5.74, 6) is -0.135. The molecule has 2 heterocycles. The number of carboxylic acids is 1. The Bertz CT molecular complexity index is 797. The Morgan fingerprint density at radius 2 is 2.10 bits per heavy atom. The van der Waals surface area contributed by atoms with Gasteiger partial charge in [0.15, 0.2) is 0 Å². The van der Waals surface area contributed by atoms with E-state index < -0.39 is 5.97 Å². The summed E-state index contributed by atoms with van der Waals surface area (Å²) in [5.41, 5.74) is 0. The molecule has 100 valence electrons. The minimum absolute atomic E-state index is 0.117. The highest BCUT2D eigenvalue weighted by Crippen LogP contribution is 2.32. The maximum atomic E-state index is 10.8. The van der Waals surface area contributed by atoms with Crippen LogP contribution in [0.1, 0.15) is 9.67 Å². The number of aromatic nitrogens is 1. The number of rotatable bonds is 3. The van der Waals surface area contributed by atoms with Gasteiger partial charge in [0.2, 0.25) is 5.88 Å². The lowest BCUT2D eigenvalue weighted by Gasteiger charge is -2.06. The number of carboxylic acid groups (broad SMARTS) is 1. The molecule has 0 bridgehead atoms. The van der Waals surface area contributed by atoms with Crippen molar-refractivity contribution in [2.24, 2.45) is 0 Å². The monoisotopic (exact) mass is 287 g/mol. The topological polar surface area (TPSA) is 79.7 Å². The molecule has 0 saturated heterocycles. The number of carbonyl (C=O) groups is 1. The van der Waals surface area contributed by atoms with Gasteiger partial charge in [0, 0.05) is 23.0 Å². The zero-order valence-corrected chi connectivity index (χ0v) is 10.9. The smallest absolute Gasteiger partial charge is 0.346 e. The summed E-state index contributed by atoms with van der Waals surface area (Å²) in [7, 11) is 0. The number of fused-ring (bicyclic) bond motifs is 1. The summed E-state index contributed by atoms with van der Waals surface area (Å²) in [5, 5.41) is 21.6. The second-order valence-corrected chi connectivity index (χ2v) is 4.99. The van der Waals surface area contributed by atoms with E-state index in [1.165, 1.54) is 6.07 Å². The number of pyridine rings is 1. The fraction of sp³-hybridized carbons (Fsp3) is 0. The Labute approximate surface area is 117 Å². The molecule has 3 rings (SSSR count). The fourth-order valence-electron chi connectivity index (χ4n) is 1.81. The van der Waals surface area contributed by atoms with E-state index >= 15 is 0 Å². The first-order chi connectivity index (χ1) is 9.63. The van der Waals surface area contributed by atoms with Crippen LogP contribution in [-0.2, 0) is 0 Å². The van der Waals surface area contributed by atoms with Crippen molar-refractivity contribution in [1.82, 2.24) is 4.98 Å². The lowest BCUT2D eigenvalue weighted by molar-refractivity contribution is 0.0702. The molecule has 0 saturated carbocycles. The van der Waals surface area contributed by atoms with Crippen LogP contribution >= 0.6 is 11.3 Å². The summed E-state index contributed by atoms with van der Waals surface area (Å²) >= 11 is 1.08. The third kappa shape index (κ3) is 2.28. The lowest BCUT2D eigenvalue weighted by atomic mass is 10.1. The molecule has 5 nitrogen and oxygen atoms in total. The van der Waals surface area contributed by atoms with Gasteiger partial charge in [-0.25, -0.2) is 9.78 Å². The SMILES string of the molecule is O=C(O)c1cc(Oc2nccc3ccc(O)cc23)cs1. The molecule has 0 radical (unpaired) electrons. The Morgan fingerprint density at radius 3 is 2.85 bits per heavy atom. The van der Waals surface area contributed by atoms with Gasteiger partial charge in [0.05, 0.1) is 0 Å². The Kier molecular flexibility index (Phi) is 3.00. The summed E-state index contributed by atoms with van der Waals surface area (Å²) in [6.45, 7) is 0. The molecular weight excluding hydrogens is 278 g/mol. The lowest BCUT2D eigenvalue weighted by Crippen LogP contribution is -1.91. The largest absolute Gasteiger partial charge is 0.508 e. The molecule has 0 aliphatic heterocycles. The van der Waals surface area contributed by atoms with Gasteiger partial charge in [-0.15, -0.1) is 11.3 Å². The summed E-state index contributed by atoms with van der Waals surface area (Å²) in [4.78, 5) is 15.1. The van der Waals surface area contributed by atoms with E-state index in [0.717, 1.165) is 16.7 Å². The molecule has 1 aromatic carbocycles. The molecule has 0 spiro atoms. The average Bonchev–Trinajstić information content (AvgIpc) is 2.88. The van der Waals surface area contributed by atoms with Gasteiger partial charge in [-0.1, -0.05) is 6.07 Å². The van der Waals surface area contributed by atoms with Crippen LogP contribution in [0.4, 0.5) is 0 Å². The molecule has 2 aromatic heterocycles. The van der Waals surface area contributed by atoms with Gasteiger partial charge in [-0.05, 0) is 23.6 Å². The minimum Gasteiger partial charge on any atom is -0.508 e. The van der Waals surface area contributed by atoms with E-state index in [4.69, 9.17) is 9.84 Å². The van der Waals surface area contributed by atoms with Crippen molar-refractivity contribution in [2.45, 2.75) is 0 Å². The van der Waals surface area contributed by atoms with Gasteiger partial charge in [0.25, 0.3) is 0 Å². The summed E-state index contributed by atoms with van der Waals surface area (Å²) in [6.07, 6.45) is 1.60. The zero-order valence-electron chi connectivity index (χ0n) is 10.1. The molecule has 6 heteroatoms. The average molecular weight is 287 g/mol. The van der Waals surface area contributed by atoms with Crippen LogP contribution in [0, 0.1) is 0 Å². The second-order valence-electron chi connectivity index (χ2n) is 4.08. The van der Waals surface area contributed by atoms with Crippen molar-refractivity contribution in [1.29, 1.82) is 0 Å². The predicted molar refractivity (Wildman–Crippen MR) is 74.8 cm³/mol. The van der Waals surface area contributed by atoms with Crippen LogP contribution < -0.4 is 4.74 Å². The molecule has 0 fully saturated rings. The number of aromatic hydroxyl groups is 1. The quantitative estimate of drug-likeness (QED) is 0.770. The molecule has 0 atom stereocenters. The van der Waals surface area contributed by atoms with Crippen molar-refractivity contribution >= 4 is 28.1 Å². The van der Waals surface area contributed by atoms with Crippen molar-refractivity contribution in [3.8, 4) is 17.4 Å². The Hall–Kier alpha value is -2.60. The first kappa shape index (κ1) is 12.4.